The van der Waals surface area contributed by atoms with Crippen molar-refractivity contribution in [3.05, 3.63) is 53.1 Å². The van der Waals surface area contributed by atoms with E-state index in [1.165, 1.54) is 5.56 Å². The fourth-order valence-electron chi connectivity index (χ4n) is 4.25. The number of hydrogen-bond donors (Lipinski definition) is 3. The van der Waals surface area contributed by atoms with E-state index in [0.717, 1.165) is 62.3 Å². The van der Waals surface area contributed by atoms with Gasteiger partial charge in [0, 0.05) is 43.3 Å². The molecule has 2 heterocycles. The Hall–Kier alpha value is -3.06. The number of carbonyl (C=O) groups is 2. The van der Waals surface area contributed by atoms with Crippen LogP contribution in [0.2, 0.25) is 0 Å². The van der Waals surface area contributed by atoms with Crippen LogP contribution in [-0.2, 0) is 4.74 Å². The summed E-state index contributed by atoms with van der Waals surface area (Å²) < 4.78 is 5.63. The molecule has 2 aliphatic rings. The highest BCUT2D eigenvalue weighted by Gasteiger charge is 2.22. The van der Waals surface area contributed by atoms with Gasteiger partial charge < -0.3 is 25.6 Å². The Morgan fingerprint density at radius 1 is 0.969 bits per heavy atom. The predicted molar refractivity (Wildman–Crippen MR) is 128 cm³/mol. The van der Waals surface area contributed by atoms with Gasteiger partial charge in [-0.15, -0.1) is 0 Å². The number of urea groups is 1. The van der Waals surface area contributed by atoms with Crippen LogP contribution in [0.3, 0.4) is 0 Å². The SMILES string of the molecule is Cc1ccc(NC(=O)Nc2ccc(N3CCCC3)c(C(=O)NCC3CCCO3)c2)cc1C. The van der Waals surface area contributed by atoms with Crippen molar-refractivity contribution in [3.8, 4) is 0 Å². The first-order chi connectivity index (χ1) is 15.5. The molecular formula is C25H32N4O3. The Balaban J connectivity index is 1.47. The molecule has 0 bridgehead atoms. The molecule has 0 aliphatic carbocycles. The van der Waals surface area contributed by atoms with E-state index in [0.29, 0.717) is 17.8 Å². The molecule has 170 valence electrons. The monoisotopic (exact) mass is 436 g/mol. The van der Waals surface area contributed by atoms with E-state index in [4.69, 9.17) is 4.74 Å². The Morgan fingerprint density at radius 2 is 1.69 bits per heavy atom. The minimum atomic E-state index is -0.340. The first kappa shape index (κ1) is 22.1. The lowest BCUT2D eigenvalue weighted by Gasteiger charge is -2.22. The largest absolute Gasteiger partial charge is 0.376 e. The van der Waals surface area contributed by atoms with Gasteiger partial charge in [0.25, 0.3) is 5.91 Å². The number of benzene rings is 2. The third-order valence-electron chi connectivity index (χ3n) is 6.22. The summed E-state index contributed by atoms with van der Waals surface area (Å²) >= 11 is 0. The molecule has 2 fully saturated rings. The number of ether oxygens (including phenoxy) is 1. The molecule has 7 nitrogen and oxygen atoms in total. The summed E-state index contributed by atoms with van der Waals surface area (Å²) in [6.07, 6.45) is 4.33. The van der Waals surface area contributed by atoms with Crippen molar-refractivity contribution in [2.75, 3.05) is 41.8 Å². The van der Waals surface area contributed by atoms with Gasteiger partial charge in [-0.1, -0.05) is 6.07 Å². The highest BCUT2D eigenvalue weighted by atomic mass is 16.5. The number of hydrogen-bond acceptors (Lipinski definition) is 4. The molecule has 32 heavy (non-hydrogen) atoms. The van der Waals surface area contributed by atoms with Gasteiger partial charge in [0.05, 0.1) is 11.7 Å². The van der Waals surface area contributed by atoms with E-state index in [-0.39, 0.29) is 18.0 Å². The summed E-state index contributed by atoms with van der Waals surface area (Å²) in [6.45, 7) is 7.18. The van der Waals surface area contributed by atoms with Crippen molar-refractivity contribution in [3.63, 3.8) is 0 Å². The smallest absolute Gasteiger partial charge is 0.323 e. The molecule has 0 radical (unpaired) electrons. The predicted octanol–water partition coefficient (Wildman–Crippen LogP) is 4.46. The topological polar surface area (TPSA) is 82.7 Å². The molecule has 1 unspecified atom stereocenters. The lowest BCUT2D eigenvalue weighted by Crippen LogP contribution is -2.33. The van der Waals surface area contributed by atoms with Gasteiger partial charge in [-0.25, -0.2) is 4.79 Å². The normalized spacial score (nSPS) is 17.9. The van der Waals surface area contributed by atoms with Crippen molar-refractivity contribution in [2.24, 2.45) is 0 Å². The van der Waals surface area contributed by atoms with E-state index in [9.17, 15) is 9.59 Å². The van der Waals surface area contributed by atoms with Crippen LogP contribution < -0.4 is 20.9 Å². The summed E-state index contributed by atoms with van der Waals surface area (Å²) in [5, 5.41) is 8.74. The molecule has 0 spiro atoms. The second-order valence-electron chi connectivity index (χ2n) is 8.65. The summed E-state index contributed by atoms with van der Waals surface area (Å²) in [5.41, 5.74) is 5.08. The van der Waals surface area contributed by atoms with E-state index < -0.39 is 0 Å². The molecular weight excluding hydrogens is 404 g/mol. The van der Waals surface area contributed by atoms with E-state index in [1.54, 1.807) is 6.07 Å². The van der Waals surface area contributed by atoms with E-state index in [2.05, 4.69) is 20.9 Å². The number of amides is 3. The average Bonchev–Trinajstić information content (AvgIpc) is 3.49. The molecule has 7 heteroatoms. The quantitative estimate of drug-likeness (QED) is 0.625. The van der Waals surface area contributed by atoms with Crippen LogP contribution in [0.5, 0.6) is 0 Å². The van der Waals surface area contributed by atoms with Crippen LogP contribution in [0, 0.1) is 13.8 Å². The molecule has 2 aliphatic heterocycles. The summed E-state index contributed by atoms with van der Waals surface area (Å²) in [4.78, 5) is 27.8. The van der Waals surface area contributed by atoms with Crippen molar-refractivity contribution in [2.45, 2.75) is 45.6 Å². The van der Waals surface area contributed by atoms with Crippen LogP contribution in [0.4, 0.5) is 21.9 Å². The first-order valence-electron chi connectivity index (χ1n) is 11.4. The van der Waals surface area contributed by atoms with Gasteiger partial charge in [-0.2, -0.15) is 0 Å². The maximum Gasteiger partial charge on any atom is 0.323 e. The maximum absolute atomic E-state index is 13.1. The fraction of sp³-hybridized carbons (Fsp3) is 0.440. The first-order valence-corrected chi connectivity index (χ1v) is 11.4. The zero-order valence-corrected chi connectivity index (χ0v) is 18.9. The number of carbonyl (C=O) groups excluding carboxylic acids is 2. The standard InChI is InChI=1S/C25H32N4O3/c1-17-7-8-19(14-18(17)2)27-25(31)28-20-9-10-23(29-11-3-4-12-29)22(15-20)24(30)26-16-21-6-5-13-32-21/h7-10,14-15,21H,3-6,11-13,16H2,1-2H3,(H,26,30)(H2,27,28,31). The number of rotatable bonds is 6. The zero-order valence-electron chi connectivity index (χ0n) is 18.9. The Kier molecular flexibility index (Phi) is 6.95. The Bertz CT molecular complexity index is 979. The Morgan fingerprint density at radius 3 is 2.38 bits per heavy atom. The van der Waals surface area contributed by atoms with Crippen LogP contribution >= 0.6 is 0 Å². The van der Waals surface area contributed by atoms with Gasteiger partial charge in [0.15, 0.2) is 0 Å². The minimum Gasteiger partial charge on any atom is -0.376 e. The molecule has 1 atom stereocenters. The average molecular weight is 437 g/mol. The second kappa shape index (κ2) is 10.0. The highest BCUT2D eigenvalue weighted by Crippen LogP contribution is 2.28. The molecule has 3 amide bonds. The second-order valence-corrected chi connectivity index (χ2v) is 8.65. The number of nitrogens with zero attached hydrogens (tertiary/aromatic N) is 1. The van der Waals surface area contributed by atoms with Gasteiger partial charge in [0.2, 0.25) is 0 Å². The summed E-state index contributed by atoms with van der Waals surface area (Å²) in [7, 11) is 0. The molecule has 2 aromatic rings. The third-order valence-corrected chi connectivity index (χ3v) is 6.22. The molecule has 4 rings (SSSR count). The minimum absolute atomic E-state index is 0.0826. The summed E-state index contributed by atoms with van der Waals surface area (Å²) in [5.74, 6) is -0.138. The fourth-order valence-corrected chi connectivity index (χ4v) is 4.25. The van der Waals surface area contributed by atoms with Crippen molar-refractivity contribution in [1.29, 1.82) is 0 Å². The van der Waals surface area contributed by atoms with Gasteiger partial charge in [-0.3, -0.25) is 4.79 Å². The highest BCUT2D eigenvalue weighted by molar-refractivity contribution is 6.04. The Labute approximate surface area is 189 Å². The van der Waals surface area contributed by atoms with Crippen molar-refractivity contribution in [1.82, 2.24) is 5.32 Å². The lowest BCUT2D eigenvalue weighted by molar-refractivity contribution is 0.0858. The van der Waals surface area contributed by atoms with Gasteiger partial charge in [-0.05, 0) is 81.0 Å². The maximum atomic E-state index is 13.1. The third kappa shape index (κ3) is 5.40. The van der Waals surface area contributed by atoms with Gasteiger partial charge in [0.1, 0.15) is 0 Å². The molecule has 2 aromatic carbocycles. The van der Waals surface area contributed by atoms with E-state index in [1.807, 2.05) is 44.2 Å². The number of aryl methyl sites for hydroxylation is 2. The van der Waals surface area contributed by atoms with Crippen LogP contribution in [0.1, 0.15) is 47.2 Å². The number of nitrogens with one attached hydrogen (secondary N) is 3. The van der Waals surface area contributed by atoms with Gasteiger partial charge >= 0.3 is 6.03 Å². The molecule has 2 saturated heterocycles. The van der Waals surface area contributed by atoms with E-state index >= 15 is 0 Å². The molecule has 0 aromatic heterocycles. The van der Waals surface area contributed by atoms with Crippen LogP contribution in [0.25, 0.3) is 0 Å². The van der Waals surface area contributed by atoms with Crippen molar-refractivity contribution < 1.29 is 14.3 Å². The van der Waals surface area contributed by atoms with Crippen molar-refractivity contribution >= 4 is 29.0 Å². The number of anilines is 3. The molecule has 3 N–H and O–H groups in total. The summed E-state index contributed by atoms with van der Waals surface area (Å²) in [6, 6.07) is 11.0. The molecule has 0 saturated carbocycles. The lowest BCUT2D eigenvalue weighted by atomic mass is 10.1. The zero-order chi connectivity index (χ0) is 22.5. The van der Waals surface area contributed by atoms with Crippen LogP contribution in [0.15, 0.2) is 36.4 Å². The van der Waals surface area contributed by atoms with Crippen LogP contribution in [-0.4, -0.2) is 44.3 Å².